The molecule has 1 amide bonds. The van der Waals surface area contributed by atoms with Crippen molar-refractivity contribution in [1.29, 1.82) is 0 Å². The summed E-state index contributed by atoms with van der Waals surface area (Å²) < 4.78 is 5.23. The van der Waals surface area contributed by atoms with Crippen LogP contribution in [-0.4, -0.2) is 28.5 Å². The Kier molecular flexibility index (Phi) is 12.1. The van der Waals surface area contributed by atoms with E-state index in [1.165, 1.54) is 56.3 Å². The third-order valence-electron chi connectivity index (χ3n) is 4.56. The molecule has 0 saturated carbocycles. The lowest BCUT2D eigenvalue weighted by Crippen LogP contribution is -2.47. The Hall–Kier alpha value is -1.55. The number of thiophene rings is 1. The maximum Gasteiger partial charge on any atom is 0.410 e. The minimum Gasteiger partial charge on any atom is -0.444 e. The van der Waals surface area contributed by atoms with E-state index in [4.69, 9.17) is 4.74 Å². The third kappa shape index (κ3) is 11.0. The Bertz CT molecular complexity index is 683. The molecule has 0 spiro atoms. The Morgan fingerprint density at radius 3 is 2.33 bits per heavy atom. The molecule has 0 fully saturated rings. The highest BCUT2D eigenvalue weighted by atomic mass is 32.1. The standard InChI is InChI=1S/C24H39NO4S/c1-5-6-7-8-9-10-11-12-13-14-15-20-16-17-21(30-20)24(28,18-19-26)25-22(27)29-23(2,3)4/h16-17,26,28H,5-13,18-19H2,1-4H3,(H,25,27). The van der Waals surface area contributed by atoms with E-state index in [2.05, 4.69) is 24.1 Å². The van der Waals surface area contributed by atoms with E-state index in [1.807, 2.05) is 6.07 Å². The number of rotatable bonds is 12. The first-order valence-corrected chi connectivity index (χ1v) is 12.0. The molecule has 1 rings (SSSR count). The molecule has 30 heavy (non-hydrogen) atoms. The lowest BCUT2D eigenvalue weighted by molar-refractivity contribution is -0.0297. The number of carbonyl (C=O) groups excluding carboxylic acids is 1. The van der Waals surface area contributed by atoms with Crippen molar-refractivity contribution < 1.29 is 19.7 Å². The van der Waals surface area contributed by atoms with Gasteiger partial charge in [-0.3, -0.25) is 5.32 Å². The Labute approximate surface area is 186 Å². The van der Waals surface area contributed by atoms with Crippen molar-refractivity contribution in [1.82, 2.24) is 5.32 Å². The van der Waals surface area contributed by atoms with E-state index >= 15 is 0 Å². The van der Waals surface area contributed by atoms with Crippen LogP contribution in [0.25, 0.3) is 0 Å². The van der Waals surface area contributed by atoms with Gasteiger partial charge in [0.05, 0.1) is 9.75 Å². The summed E-state index contributed by atoms with van der Waals surface area (Å²) in [6.45, 7) is 7.22. The van der Waals surface area contributed by atoms with Crippen LogP contribution in [0.4, 0.5) is 4.79 Å². The van der Waals surface area contributed by atoms with Gasteiger partial charge in [-0.25, -0.2) is 4.79 Å². The topological polar surface area (TPSA) is 78.8 Å². The lowest BCUT2D eigenvalue weighted by Gasteiger charge is -2.29. The van der Waals surface area contributed by atoms with Gasteiger partial charge in [-0.1, -0.05) is 63.7 Å². The predicted molar refractivity (Wildman–Crippen MR) is 123 cm³/mol. The van der Waals surface area contributed by atoms with Gasteiger partial charge in [-0.2, -0.15) is 0 Å². The van der Waals surface area contributed by atoms with Crippen LogP contribution in [0.2, 0.25) is 0 Å². The van der Waals surface area contributed by atoms with Crippen molar-refractivity contribution in [3.8, 4) is 11.8 Å². The number of alkyl carbamates (subject to hydrolysis) is 1. The second-order valence-electron chi connectivity index (χ2n) is 8.65. The second kappa shape index (κ2) is 13.7. The van der Waals surface area contributed by atoms with Crippen molar-refractivity contribution >= 4 is 17.4 Å². The molecule has 0 aliphatic heterocycles. The molecule has 0 bridgehead atoms. The molecule has 0 aliphatic rings. The smallest absolute Gasteiger partial charge is 0.410 e. The van der Waals surface area contributed by atoms with Crippen LogP contribution in [0.15, 0.2) is 12.1 Å². The average molecular weight is 438 g/mol. The molecule has 0 saturated heterocycles. The van der Waals surface area contributed by atoms with Crippen LogP contribution in [0.3, 0.4) is 0 Å². The zero-order valence-electron chi connectivity index (χ0n) is 19.1. The normalized spacial score (nSPS) is 13.3. The number of hydrogen-bond acceptors (Lipinski definition) is 5. The molecular formula is C24H39NO4S. The van der Waals surface area contributed by atoms with Crippen molar-refractivity contribution in [2.45, 2.75) is 103 Å². The summed E-state index contributed by atoms with van der Waals surface area (Å²) in [5.74, 6) is 6.34. The molecule has 6 heteroatoms. The number of aliphatic hydroxyl groups is 2. The molecular weight excluding hydrogens is 398 g/mol. The molecule has 0 aromatic carbocycles. The number of carbonyl (C=O) groups is 1. The van der Waals surface area contributed by atoms with Crippen molar-refractivity contribution in [2.24, 2.45) is 0 Å². The molecule has 1 unspecified atom stereocenters. The summed E-state index contributed by atoms with van der Waals surface area (Å²) in [6.07, 6.45) is 10.3. The van der Waals surface area contributed by atoms with Gasteiger partial charge in [0.15, 0.2) is 5.72 Å². The highest BCUT2D eigenvalue weighted by molar-refractivity contribution is 7.12. The Morgan fingerprint density at radius 1 is 1.10 bits per heavy atom. The quantitative estimate of drug-likeness (QED) is 0.223. The molecule has 3 N–H and O–H groups in total. The zero-order valence-corrected chi connectivity index (χ0v) is 19.9. The molecule has 0 aliphatic carbocycles. The minimum absolute atomic E-state index is 0.0299. The largest absolute Gasteiger partial charge is 0.444 e. The fourth-order valence-electron chi connectivity index (χ4n) is 3.01. The summed E-state index contributed by atoms with van der Waals surface area (Å²) in [6, 6.07) is 3.57. The number of nitrogens with one attached hydrogen (secondary N) is 1. The average Bonchev–Trinajstić information content (AvgIpc) is 3.11. The fraction of sp³-hybridized carbons (Fsp3) is 0.708. The molecule has 1 heterocycles. The van der Waals surface area contributed by atoms with Gasteiger partial charge in [-0.15, -0.1) is 11.3 Å². The molecule has 1 atom stereocenters. The number of unbranched alkanes of at least 4 members (excludes halogenated alkanes) is 8. The van der Waals surface area contributed by atoms with Gasteiger partial charge in [-0.05, 0) is 39.3 Å². The highest BCUT2D eigenvalue weighted by Gasteiger charge is 2.34. The maximum atomic E-state index is 12.1. The van der Waals surface area contributed by atoms with Gasteiger partial charge >= 0.3 is 6.09 Å². The van der Waals surface area contributed by atoms with Gasteiger partial charge in [0.1, 0.15) is 5.60 Å². The molecule has 0 radical (unpaired) electrons. The number of aliphatic hydroxyl groups excluding tert-OH is 1. The number of amides is 1. The maximum absolute atomic E-state index is 12.1. The minimum atomic E-state index is -1.68. The highest BCUT2D eigenvalue weighted by Crippen LogP contribution is 2.29. The van der Waals surface area contributed by atoms with E-state index in [0.29, 0.717) is 4.88 Å². The van der Waals surface area contributed by atoms with Gasteiger partial charge in [0.25, 0.3) is 0 Å². The van der Waals surface area contributed by atoms with Crippen molar-refractivity contribution in [3.05, 3.63) is 21.9 Å². The summed E-state index contributed by atoms with van der Waals surface area (Å²) in [5.41, 5.74) is -2.36. The van der Waals surface area contributed by atoms with Crippen LogP contribution < -0.4 is 5.32 Å². The first kappa shape index (κ1) is 26.5. The summed E-state index contributed by atoms with van der Waals surface area (Å²) in [5, 5.41) is 22.7. The number of hydrogen-bond donors (Lipinski definition) is 3. The Balaban J connectivity index is 2.53. The summed E-state index contributed by atoms with van der Waals surface area (Å²) >= 11 is 1.31. The van der Waals surface area contributed by atoms with Crippen LogP contribution >= 0.6 is 11.3 Å². The fourth-order valence-corrected chi connectivity index (χ4v) is 3.96. The SMILES string of the molecule is CCCCCCCCCCC#Cc1ccc(C(O)(CCO)NC(=O)OC(C)(C)C)s1. The van der Waals surface area contributed by atoms with Crippen LogP contribution in [0.1, 0.15) is 102 Å². The van der Waals surface area contributed by atoms with Crippen LogP contribution in [-0.2, 0) is 10.5 Å². The van der Waals surface area contributed by atoms with Crippen LogP contribution in [0, 0.1) is 11.8 Å². The first-order valence-electron chi connectivity index (χ1n) is 11.1. The molecule has 5 nitrogen and oxygen atoms in total. The first-order chi connectivity index (χ1) is 14.2. The van der Waals surface area contributed by atoms with E-state index in [9.17, 15) is 15.0 Å². The van der Waals surface area contributed by atoms with Crippen LogP contribution in [0.5, 0.6) is 0 Å². The summed E-state index contributed by atoms with van der Waals surface area (Å²) in [4.78, 5) is 13.5. The van der Waals surface area contributed by atoms with E-state index in [0.717, 1.165) is 17.7 Å². The van der Waals surface area contributed by atoms with E-state index < -0.39 is 17.4 Å². The van der Waals surface area contributed by atoms with Gasteiger partial charge < -0.3 is 14.9 Å². The summed E-state index contributed by atoms with van der Waals surface area (Å²) in [7, 11) is 0. The van der Waals surface area contributed by atoms with E-state index in [1.54, 1.807) is 26.8 Å². The van der Waals surface area contributed by atoms with Gasteiger partial charge in [0, 0.05) is 19.4 Å². The van der Waals surface area contributed by atoms with Crippen molar-refractivity contribution in [2.75, 3.05) is 6.61 Å². The predicted octanol–water partition coefficient (Wildman–Crippen LogP) is 5.68. The molecule has 1 aromatic rings. The number of ether oxygens (including phenoxy) is 1. The van der Waals surface area contributed by atoms with E-state index in [-0.39, 0.29) is 13.0 Å². The zero-order chi connectivity index (χ0) is 22.5. The molecule has 170 valence electrons. The molecule has 1 aromatic heterocycles. The van der Waals surface area contributed by atoms with Gasteiger partial charge in [0.2, 0.25) is 0 Å². The Morgan fingerprint density at radius 2 is 1.73 bits per heavy atom. The lowest BCUT2D eigenvalue weighted by atomic mass is 10.1. The third-order valence-corrected chi connectivity index (χ3v) is 5.71. The second-order valence-corrected chi connectivity index (χ2v) is 9.74. The van der Waals surface area contributed by atoms with Crippen molar-refractivity contribution in [3.63, 3.8) is 0 Å². The monoisotopic (exact) mass is 437 g/mol.